The molecule has 0 saturated carbocycles. The van der Waals surface area contributed by atoms with E-state index in [-0.39, 0.29) is 5.56 Å². The van der Waals surface area contributed by atoms with Gasteiger partial charge in [-0.2, -0.15) is 0 Å². The van der Waals surface area contributed by atoms with Crippen LogP contribution in [-0.2, 0) is 4.57 Å². The van der Waals surface area contributed by atoms with Crippen molar-refractivity contribution in [3.05, 3.63) is 96.1 Å². The van der Waals surface area contributed by atoms with Crippen LogP contribution in [0.4, 0.5) is 8.78 Å². The SMILES string of the molecule is O=P(Oc1ccccc1)(Oc1ccccc1)C(NP)c1ccc(F)c(F)c1. The summed E-state index contributed by atoms with van der Waals surface area (Å²) in [6.45, 7) is 0. The molecule has 1 N–H and O–H groups in total. The average molecular weight is 407 g/mol. The summed E-state index contributed by atoms with van der Waals surface area (Å²) in [6, 6.07) is 20.3. The van der Waals surface area contributed by atoms with E-state index in [1.165, 1.54) is 6.07 Å². The molecular formula is C19H17F2NO3P2. The molecule has 2 atom stereocenters. The Morgan fingerprint density at radius 3 is 1.78 bits per heavy atom. The number of para-hydroxylation sites is 2. The molecule has 0 radical (unpaired) electrons. The summed E-state index contributed by atoms with van der Waals surface area (Å²) >= 11 is 0. The zero-order valence-electron chi connectivity index (χ0n) is 14.1. The predicted octanol–water partition coefficient (Wildman–Crippen LogP) is 5.69. The van der Waals surface area contributed by atoms with Crippen LogP contribution in [0.2, 0.25) is 0 Å². The lowest BCUT2D eigenvalue weighted by Gasteiger charge is -2.27. The lowest BCUT2D eigenvalue weighted by atomic mass is 10.2. The molecule has 27 heavy (non-hydrogen) atoms. The van der Waals surface area contributed by atoms with Crippen molar-refractivity contribution in [1.29, 1.82) is 0 Å². The Kier molecular flexibility index (Phi) is 6.22. The van der Waals surface area contributed by atoms with Gasteiger partial charge in [-0.25, -0.2) is 13.3 Å². The first-order chi connectivity index (χ1) is 13.0. The van der Waals surface area contributed by atoms with Gasteiger partial charge in [-0.1, -0.05) is 51.9 Å². The van der Waals surface area contributed by atoms with Crippen molar-refractivity contribution in [3.63, 3.8) is 0 Å². The van der Waals surface area contributed by atoms with Gasteiger partial charge in [0.25, 0.3) is 0 Å². The highest BCUT2D eigenvalue weighted by Gasteiger charge is 2.40. The summed E-state index contributed by atoms with van der Waals surface area (Å²) < 4.78 is 52.3. The van der Waals surface area contributed by atoms with Crippen LogP contribution in [0.5, 0.6) is 11.5 Å². The Hall–Kier alpha value is -2.26. The van der Waals surface area contributed by atoms with E-state index in [1.54, 1.807) is 60.7 Å². The minimum Gasteiger partial charge on any atom is -0.415 e. The van der Waals surface area contributed by atoms with Gasteiger partial charge in [-0.3, -0.25) is 5.09 Å². The van der Waals surface area contributed by atoms with Crippen LogP contribution in [-0.4, -0.2) is 0 Å². The van der Waals surface area contributed by atoms with Crippen molar-refractivity contribution in [3.8, 4) is 11.5 Å². The number of hydrogen-bond acceptors (Lipinski definition) is 4. The lowest BCUT2D eigenvalue weighted by molar-refractivity contribution is 0.370. The molecule has 0 aliphatic carbocycles. The van der Waals surface area contributed by atoms with Gasteiger partial charge < -0.3 is 9.05 Å². The minimum absolute atomic E-state index is 0.221. The van der Waals surface area contributed by atoms with Crippen LogP contribution in [0.15, 0.2) is 78.9 Å². The summed E-state index contributed by atoms with van der Waals surface area (Å²) in [4.78, 5) is 0. The van der Waals surface area contributed by atoms with Crippen LogP contribution in [0, 0.1) is 11.6 Å². The summed E-state index contributed by atoms with van der Waals surface area (Å²) in [7, 11) is -1.73. The smallest absolute Gasteiger partial charge is 0.415 e. The Labute approximate surface area is 158 Å². The molecule has 0 saturated heterocycles. The normalized spacial score (nSPS) is 12.4. The number of rotatable bonds is 7. The molecular weight excluding hydrogens is 390 g/mol. The van der Waals surface area contributed by atoms with Crippen molar-refractivity contribution < 1.29 is 22.4 Å². The average Bonchev–Trinajstić information content (AvgIpc) is 2.66. The second-order valence-corrected chi connectivity index (χ2v) is 7.89. The molecule has 3 aromatic rings. The fourth-order valence-corrected chi connectivity index (χ4v) is 4.96. The van der Waals surface area contributed by atoms with Gasteiger partial charge in [0.05, 0.1) is 0 Å². The van der Waals surface area contributed by atoms with Gasteiger partial charge in [0.1, 0.15) is 11.5 Å². The first-order valence-corrected chi connectivity index (χ1v) is 10.2. The van der Waals surface area contributed by atoms with Crippen molar-refractivity contribution in [2.45, 2.75) is 5.78 Å². The summed E-state index contributed by atoms with van der Waals surface area (Å²) in [5.74, 6) is -2.46. The van der Waals surface area contributed by atoms with E-state index in [9.17, 15) is 13.3 Å². The van der Waals surface area contributed by atoms with E-state index in [2.05, 4.69) is 14.5 Å². The third-order valence-corrected chi connectivity index (χ3v) is 6.31. The topological polar surface area (TPSA) is 47.6 Å². The van der Waals surface area contributed by atoms with Crippen molar-refractivity contribution in [2.24, 2.45) is 0 Å². The zero-order valence-corrected chi connectivity index (χ0v) is 16.1. The maximum Gasteiger partial charge on any atom is 0.452 e. The first-order valence-electron chi connectivity index (χ1n) is 8.02. The summed E-state index contributed by atoms with van der Waals surface area (Å²) in [5.41, 5.74) is 0.221. The third kappa shape index (κ3) is 4.72. The monoisotopic (exact) mass is 407 g/mol. The van der Waals surface area contributed by atoms with Gasteiger partial charge >= 0.3 is 7.60 Å². The largest absolute Gasteiger partial charge is 0.452 e. The molecule has 3 rings (SSSR count). The molecule has 0 heterocycles. The number of nitrogens with one attached hydrogen (secondary N) is 1. The van der Waals surface area contributed by atoms with Crippen LogP contribution < -0.4 is 14.1 Å². The molecule has 0 aromatic heterocycles. The number of hydrogen-bond donors (Lipinski definition) is 1. The molecule has 0 aliphatic heterocycles. The van der Waals surface area contributed by atoms with Crippen LogP contribution in [0.3, 0.4) is 0 Å². The van der Waals surface area contributed by atoms with Gasteiger partial charge in [-0.05, 0) is 42.0 Å². The van der Waals surface area contributed by atoms with E-state index in [0.29, 0.717) is 11.5 Å². The van der Waals surface area contributed by atoms with Crippen LogP contribution in [0.1, 0.15) is 11.3 Å². The van der Waals surface area contributed by atoms with E-state index >= 15 is 0 Å². The molecule has 8 heteroatoms. The first kappa shape index (κ1) is 19.5. The molecule has 4 nitrogen and oxygen atoms in total. The Morgan fingerprint density at radius 1 is 0.815 bits per heavy atom. The summed E-state index contributed by atoms with van der Waals surface area (Å²) in [5, 5.41) is 2.76. The summed E-state index contributed by atoms with van der Waals surface area (Å²) in [6.07, 6.45) is 0. The Morgan fingerprint density at radius 2 is 1.33 bits per heavy atom. The van der Waals surface area contributed by atoms with Gasteiger partial charge in [0.2, 0.25) is 0 Å². The van der Waals surface area contributed by atoms with Gasteiger partial charge in [0, 0.05) is 0 Å². The highest BCUT2D eigenvalue weighted by Crippen LogP contribution is 2.59. The van der Waals surface area contributed by atoms with Crippen molar-refractivity contribution in [2.75, 3.05) is 0 Å². The molecule has 0 fully saturated rings. The molecule has 0 amide bonds. The molecule has 3 aromatic carbocycles. The maximum absolute atomic E-state index is 13.7. The van der Waals surface area contributed by atoms with Crippen LogP contribution >= 0.6 is 17.0 Å². The van der Waals surface area contributed by atoms with Crippen molar-refractivity contribution in [1.82, 2.24) is 5.09 Å². The maximum atomic E-state index is 13.7. The molecule has 140 valence electrons. The van der Waals surface area contributed by atoms with E-state index < -0.39 is 25.0 Å². The third-order valence-electron chi connectivity index (χ3n) is 3.69. The van der Waals surface area contributed by atoms with E-state index in [1.807, 2.05) is 0 Å². The highest BCUT2D eigenvalue weighted by atomic mass is 31.2. The molecule has 0 spiro atoms. The standard InChI is InChI=1S/C19H17F2NO3P2/c20-17-12-11-14(13-18(17)21)19(22-26)27(23,24-15-7-3-1-4-8-15)25-16-9-5-2-6-10-16/h1-13,19,22H,26H2. The molecule has 2 unspecified atom stereocenters. The number of benzene rings is 3. The molecule has 0 aliphatic rings. The Balaban J connectivity index is 2.03. The fourth-order valence-electron chi connectivity index (χ4n) is 2.43. The van der Waals surface area contributed by atoms with Gasteiger partial charge in [0.15, 0.2) is 17.4 Å². The van der Waals surface area contributed by atoms with Gasteiger partial charge in [-0.15, -0.1) is 0 Å². The van der Waals surface area contributed by atoms with Crippen molar-refractivity contribution >= 4 is 17.0 Å². The Bertz CT molecular complexity index is 897. The fraction of sp³-hybridized carbons (Fsp3) is 0.0526. The van der Waals surface area contributed by atoms with Crippen LogP contribution in [0.25, 0.3) is 0 Å². The van der Waals surface area contributed by atoms with E-state index in [0.717, 1.165) is 12.1 Å². The molecule has 0 bridgehead atoms. The minimum atomic E-state index is -3.95. The number of halogens is 2. The zero-order chi connectivity index (χ0) is 19.3. The second kappa shape index (κ2) is 8.62. The predicted molar refractivity (Wildman–Crippen MR) is 104 cm³/mol. The highest BCUT2D eigenvalue weighted by molar-refractivity contribution is 7.55. The quantitative estimate of drug-likeness (QED) is 0.511. The second-order valence-electron chi connectivity index (χ2n) is 5.59. The van der Waals surface area contributed by atoms with E-state index in [4.69, 9.17) is 9.05 Å². The lowest BCUT2D eigenvalue weighted by Crippen LogP contribution is -2.18.